The lowest BCUT2D eigenvalue weighted by Gasteiger charge is -2.26. The molecule has 37 heavy (non-hydrogen) atoms. The predicted molar refractivity (Wildman–Crippen MR) is 148 cm³/mol. The number of carbonyl (C=O) groups is 1. The molecule has 0 radical (unpaired) electrons. The van der Waals surface area contributed by atoms with E-state index >= 15 is 0 Å². The Hall–Kier alpha value is -3.86. The van der Waals surface area contributed by atoms with Gasteiger partial charge in [-0.25, -0.2) is 0 Å². The average Bonchev–Trinajstić information content (AvgIpc) is 3.18. The molecule has 4 aromatic rings. The predicted octanol–water partition coefficient (Wildman–Crippen LogP) is 7.15. The molecule has 0 aliphatic carbocycles. The summed E-state index contributed by atoms with van der Waals surface area (Å²) in [4.78, 5) is 29.5. The van der Waals surface area contributed by atoms with Crippen molar-refractivity contribution in [3.63, 3.8) is 0 Å². The maximum absolute atomic E-state index is 14.0. The molecule has 5 nitrogen and oxygen atoms in total. The van der Waals surface area contributed by atoms with Crippen molar-refractivity contribution in [3.8, 4) is 5.75 Å². The van der Waals surface area contributed by atoms with Crippen LogP contribution in [0.2, 0.25) is 0 Å². The van der Waals surface area contributed by atoms with Crippen molar-refractivity contribution in [2.24, 2.45) is 5.92 Å². The zero-order valence-corrected chi connectivity index (χ0v) is 22.1. The average molecular weight is 496 g/mol. The number of anilines is 1. The highest BCUT2D eigenvalue weighted by Crippen LogP contribution is 2.42. The van der Waals surface area contributed by atoms with Crippen molar-refractivity contribution in [3.05, 3.63) is 104 Å². The van der Waals surface area contributed by atoms with E-state index in [9.17, 15) is 9.59 Å². The summed E-state index contributed by atoms with van der Waals surface area (Å²) in [6, 6.07) is 18.7. The Morgan fingerprint density at radius 2 is 1.70 bits per heavy atom. The number of carbonyl (C=O) groups excluding carboxylic acids is 1. The van der Waals surface area contributed by atoms with E-state index in [1.807, 2.05) is 74.5 Å². The van der Waals surface area contributed by atoms with Crippen LogP contribution in [0.5, 0.6) is 5.75 Å². The number of ether oxygens (including phenoxy) is 1. The third kappa shape index (κ3) is 4.55. The molecule has 1 aromatic heterocycles. The molecule has 0 spiro atoms. The maximum Gasteiger partial charge on any atom is 0.295 e. The quantitative estimate of drug-likeness (QED) is 0.273. The summed E-state index contributed by atoms with van der Waals surface area (Å²) in [6.07, 6.45) is 1.84. The SMILES string of the molecule is CCc1ccc(N2C(=O)c3oc4cc(C)c(C)cc4c(=O)c3C2c2cccc(OCCC(C)C)c2)cc1. The lowest BCUT2D eigenvalue weighted by atomic mass is 9.97. The summed E-state index contributed by atoms with van der Waals surface area (Å²) in [7, 11) is 0. The molecule has 3 aromatic carbocycles. The van der Waals surface area contributed by atoms with Gasteiger partial charge in [-0.1, -0.05) is 45.0 Å². The molecule has 0 fully saturated rings. The third-order valence-corrected chi connectivity index (χ3v) is 7.25. The molecule has 0 N–H and O–H groups in total. The fraction of sp³-hybridized carbons (Fsp3) is 0.312. The van der Waals surface area contributed by atoms with Gasteiger partial charge < -0.3 is 9.15 Å². The molecule has 1 aliphatic heterocycles. The first-order valence-electron chi connectivity index (χ1n) is 13.0. The molecular weight excluding hydrogens is 462 g/mol. The number of amides is 1. The van der Waals surface area contributed by atoms with Crippen LogP contribution in [-0.2, 0) is 6.42 Å². The van der Waals surface area contributed by atoms with E-state index in [0.29, 0.717) is 29.1 Å². The van der Waals surface area contributed by atoms with E-state index in [-0.39, 0.29) is 17.1 Å². The minimum absolute atomic E-state index is 0.108. The van der Waals surface area contributed by atoms with Crippen molar-refractivity contribution in [2.75, 3.05) is 11.5 Å². The number of benzene rings is 3. The molecule has 5 rings (SSSR count). The van der Waals surface area contributed by atoms with Crippen LogP contribution in [0.4, 0.5) is 5.69 Å². The molecule has 1 unspecified atom stereocenters. The molecule has 190 valence electrons. The minimum atomic E-state index is -0.620. The maximum atomic E-state index is 14.0. The van der Waals surface area contributed by atoms with Crippen LogP contribution < -0.4 is 15.1 Å². The molecule has 0 bridgehead atoms. The van der Waals surface area contributed by atoms with E-state index in [1.54, 1.807) is 4.90 Å². The van der Waals surface area contributed by atoms with Crippen LogP contribution in [-0.4, -0.2) is 12.5 Å². The monoisotopic (exact) mass is 495 g/mol. The number of aryl methyl sites for hydroxylation is 3. The fourth-order valence-electron chi connectivity index (χ4n) is 4.89. The second kappa shape index (κ2) is 9.89. The lowest BCUT2D eigenvalue weighted by Crippen LogP contribution is -2.29. The van der Waals surface area contributed by atoms with Crippen LogP contribution in [0.1, 0.15) is 71.6 Å². The van der Waals surface area contributed by atoms with Crippen LogP contribution in [0.25, 0.3) is 11.0 Å². The van der Waals surface area contributed by atoms with Gasteiger partial charge >= 0.3 is 0 Å². The summed E-state index contributed by atoms with van der Waals surface area (Å²) in [5, 5.41) is 0.493. The van der Waals surface area contributed by atoms with Crippen molar-refractivity contribution in [2.45, 2.75) is 53.5 Å². The number of hydrogen-bond acceptors (Lipinski definition) is 4. The van der Waals surface area contributed by atoms with E-state index in [0.717, 1.165) is 41.0 Å². The number of rotatable bonds is 7. The van der Waals surface area contributed by atoms with Crippen molar-refractivity contribution in [1.29, 1.82) is 0 Å². The van der Waals surface area contributed by atoms with Gasteiger partial charge in [-0.3, -0.25) is 14.5 Å². The van der Waals surface area contributed by atoms with Gasteiger partial charge in [0.15, 0.2) is 5.43 Å². The Kier molecular flexibility index (Phi) is 6.63. The van der Waals surface area contributed by atoms with E-state index < -0.39 is 6.04 Å². The number of nitrogens with zero attached hydrogens (tertiary/aromatic N) is 1. The summed E-state index contributed by atoms with van der Waals surface area (Å²) in [5.74, 6) is 1.05. The molecule has 2 heterocycles. The zero-order chi connectivity index (χ0) is 26.3. The van der Waals surface area contributed by atoms with Crippen LogP contribution in [0, 0.1) is 19.8 Å². The Balaban J connectivity index is 1.69. The van der Waals surface area contributed by atoms with Crippen LogP contribution in [0.15, 0.2) is 69.9 Å². The summed E-state index contributed by atoms with van der Waals surface area (Å²) in [5.41, 5.74) is 5.37. The second-order valence-corrected chi connectivity index (χ2v) is 10.3. The highest BCUT2D eigenvalue weighted by molar-refractivity contribution is 6.10. The van der Waals surface area contributed by atoms with Gasteiger partial charge in [-0.2, -0.15) is 0 Å². The summed E-state index contributed by atoms with van der Waals surface area (Å²) in [6.45, 7) is 11.0. The van der Waals surface area contributed by atoms with Gasteiger partial charge in [0.1, 0.15) is 11.3 Å². The van der Waals surface area contributed by atoms with Crippen molar-refractivity contribution in [1.82, 2.24) is 0 Å². The highest BCUT2D eigenvalue weighted by Gasteiger charge is 2.43. The van der Waals surface area contributed by atoms with Crippen LogP contribution >= 0.6 is 0 Å². The van der Waals surface area contributed by atoms with Gasteiger partial charge in [0.25, 0.3) is 5.91 Å². The zero-order valence-electron chi connectivity index (χ0n) is 22.1. The molecule has 0 saturated carbocycles. The minimum Gasteiger partial charge on any atom is -0.494 e. The van der Waals surface area contributed by atoms with Crippen LogP contribution in [0.3, 0.4) is 0 Å². The van der Waals surface area contributed by atoms with E-state index in [4.69, 9.17) is 9.15 Å². The first kappa shape index (κ1) is 24.8. The highest BCUT2D eigenvalue weighted by atomic mass is 16.5. The first-order valence-corrected chi connectivity index (χ1v) is 13.0. The Bertz CT molecular complexity index is 1530. The summed E-state index contributed by atoms with van der Waals surface area (Å²) >= 11 is 0. The van der Waals surface area contributed by atoms with Crippen molar-refractivity contribution < 1.29 is 13.9 Å². The molecule has 0 saturated heterocycles. The Morgan fingerprint density at radius 3 is 2.41 bits per heavy atom. The number of fused-ring (bicyclic) bond motifs is 2. The topological polar surface area (TPSA) is 59.8 Å². The third-order valence-electron chi connectivity index (χ3n) is 7.25. The largest absolute Gasteiger partial charge is 0.494 e. The lowest BCUT2D eigenvalue weighted by molar-refractivity contribution is 0.0971. The number of hydrogen-bond donors (Lipinski definition) is 0. The normalized spacial score (nSPS) is 15.0. The van der Waals surface area contributed by atoms with Gasteiger partial charge in [-0.15, -0.1) is 0 Å². The molecule has 1 atom stereocenters. The first-order chi connectivity index (χ1) is 17.8. The van der Waals surface area contributed by atoms with E-state index in [2.05, 4.69) is 20.8 Å². The van der Waals surface area contributed by atoms with Crippen molar-refractivity contribution >= 4 is 22.6 Å². The Labute approximate surface area is 217 Å². The molecule has 1 amide bonds. The molecule has 5 heteroatoms. The van der Waals surface area contributed by atoms with Gasteiger partial charge in [-0.05, 0) is 91.3 Å². The smallest absolute Gasteiger partial charge is 0.295 e. The summed E-state index contributed by atoms with van der Waals surface area (Å²) < 4.78 is 12.2. The van der Waals surface area contributed by atoms with Gasteiger partial charge in [0, 0.05) is 5.69 Å². The molecular formula is C32H33NO4. The standard InChI is InChI=1S/C32H33NO4/c1-6-22-10-12-24(13-11-22)33-29(23-8-7-9-25(18-23)36-15-14-19(2)3)28-30(34)26-16-20(4)21(5)17-27(26)37-31(28)32(33)35/h7-13,16-19,29H,6,14-15H2,1-5H3. The second-order valence-electron chi connectivity index (χ2n) is 10.3. The fourth-order valence-corrected chi connectivity index (χ4v) is 4.89. The van der Waals surface area contributed by atoms with Gasteiger partial charge in [0.05, 0.1) is 23.6 Å². The Morgan fingerprint density at radius 1 is 0.973 bits per heavy atom. The molecule has 1 aliphatic rings. The van der Waals surface area contributed by atoms with Gasteiger partial charge in [0.2, 0.25) is 5.76 Å². The van der Waals surface area contributed by atoms with E-state index in [1.165, 1.54) is 5.56 Å².